The van der Waals surface area contributed by atoms with Gasteiger partial charge in [-0.15, -0.1) is 0 Å². The van der Waals surface area contributed by atoms with Crippen LogP contribution in [-0.4, -0.2) is 37.2 Å². The molecule has 6 heteroatoms. The summed E-state index contributed by atoms with van der Waals surface area (Å²) < 4.78 is 17.0. The number of rotatable bonds is 63. The maximum absolute atomic E-state index is 12.9. The van der Waals surface area contributed by atoms with Crippen LogP contribution < -0.4 is 0 Å². The van der Waals surface area contributed by atoms with Gasteiger partial charge in [-0.2, -0.15) is 0 Å². The van der Waals surface area contributed by atoms with Gasteiger partial charge in [0, 0.05) is 19.3 Å². The molecule has 0 N–H and O–H groups in total. The first-order valence-corrected chi connectivity index (χ1v) is 33.5. The number of unbranched alkanes of at least 4 members (excludes halogenated alkanes) is 52. The summed E-state index contributed by atoms with van der Waals surface area (Å²) in [5.41, 5.74) is 0. The Kier molecular flexibility index (Phi) is 61.6. The summed E-state index contributed by atoms with van der Waals surface area (Å²) in [5.74, 6) is -0.821. The third-order valence-electron chi connectivity index (χ3n) is 15.6. The highest BCUT2D eigenvalue weighted by molar-refractivity contribution is 5.71. The molecule has 0 rings (SSSR count). The van der Waals surface area contributed by atoms with Crippen molar-refractivity contribution in [3.63, 3.8) is 0 Å². The number of hydrogen-bond donors (Lipinski definition) is 0. The van der Waals surface area contributed by atoms with Crippen LogP contribution in [0.15, 0.2) is 0 Å². The normalized spacial score (nSPS) is 11.9. The molecule has 0 aliphatic carbocycles. The van der Waals surface area contributed by atoms with Crippen molar-refractivity contribution < 1.29 is 28.6 Å². The standard InChI is InChI=1S/C67H130O6/c1-4-7-10-13-16-19-22-25-28-31-32-33-34-37-39-42-45-48-51-54-57-60-66(69)72-63-64(73-67(70)61-58-55-52-49-46-43-40-36-30-27-24-21-18-15-12-9-6-3)62-71-65(68)59-56-53-50-47-44-41-38-35-29-26-23-20-17-14-11-8-5-2/h64H,4-63H2,1-3H3. The fourth-order valence-corrected chi connectivity index (χ4v) is 10.6. The van der Waals surface area contributed by atoms with Crippen LogP contribution in [0, 0.1) is 0 Å². The molecular formula is C67H130O6. The Bertz CT molecular complexity index is 1090. The fraction of sp³-hybridized carbons (Fsp3) is 0.955. The van der Waals surface area contributed by atoms with Gasteiger partial charge in [-0.05, 0) is 19.3 Å². The van der Waals surface area contributed by atoms with Gasteiger partial charge in [0.05, 0.1) is 0 Å². The maximum atomic E-state index is 12.9. The minimum absolute atomic E-state index is 0.0602. The molecule has 73 heavy (non-hydrogen) atoms. The van der Waals surface area contributed by atoms with Gasteiger partial charge in [0.2, 0.25) is 0 Å². The van der Waals surface area contributed by atoms with E-state index < -0.39 is 6.10 Å². The second-order valence-electron chi connectivity index (χ2n) is 23.1. The predicted molar refractivity (Wildman–Crippen MR) is 317 cm³/mol. The Morgan fingerprint density at radius 1 is 0.219 bits per heavy atom. The highest BCUT2D eigenvalue weighted by Crippen LogP contribution is 2.19. The molecule has 0 amide bonds. The Morgan fingerprint density at radius 3 is 0.548 bits per heavy atom. The van der Waals surface area contributed by atoms with Crippen LogP contribution in [0.1, 0.15) is 393 Å². The van der Waals surface area contributed by atoms with Crippen molar-refractivity contribution in [2.24, 2.45) is 0 Å². The number of ether oxygens (including phenoxy) is 3. The first kappa shape index (κ1) is 71.4. The maximum Gasteiger partial charge on any atom is 0.306 e. The molecule has 0 radical (unpaired) electrons. The van der Waals surface area contributed by atoms with Gasteiger partial charge in [0.15, 0.2) is 6.10 Å². The third kappa shape index (κ3) is 61.1. The van der Waals surface area contributed by atoms with Gasteiger partial charge < -0.3 is 14.2 Å². The summed E-state index contributed by atoms with van der Waals surface area (Å²) >= 11 is 0. The summed E-state index contributed by atoms with van der Waals surface area (Å²) in [7, 11) is 0. The van der Waals surface area contributed by atoms with Crippen LogP contribution >= 0.6 is 0 Å². The van der Waals surface area contributed by atoms with Gasteiger partial charge in [0.25, 0.3) is 0 Å². The number of carbonyl (C=O) groups is 3. The minimum atomic E-state index is -0.763. The van der Waals surface area contributed by atoms with E-state index in [0.29, 0.717) is 19.3 Å². The Hall–Kier alpha value is -1.59. The second-order valence-corrected chi connectivity index (χ2v) is 23.1. The smallest absolute Gasteiger partial charge is 0.306 e. The molecule has 0 saturated carbocycles. The molecule has 6 nitrogen and oxygen atoms in total. The molecule has 0 bridgehead atoms. The van der Waals surface area contributed by atoms with Gasteiger partial charge in [-0.1, -0.05) is 355 Å². The molecule has 0 spiro atoms. The first-order valence-electron chi connectivity index (χ1n) is 33.5. The lowest BCUT2D eigenvalue weighted by Crippen LogP contribution is -2.30. The van der Waals surface area contributed by atoms with E-state index in [0.717, 1.165) is 57.8 Å². The predicted octanol–water partition coefficient (Wildman–Crippen LogP) is 22.7. The molecule has 0 fully saturated rings. The highest BCUT2D eigenvalue weighted by atomic mass is 16.6. The van der Waals surface area contributed by atoms with Gasteiger partial charge in [0.1, 0.15) is 13.2 Å². The van der Waals surface area contributed by atoms with Gasteiger partial charge in [-0.25, -0.2) is 0 Å². The molecule has 0 aliphatic heterocycles. The van der Waals surface area contributed by atoms with Crippen LogP contribution in [0.5, 0.6) is 0 Å². The van der Waals surface area contributed by atoms with Crippen molar-refractivity contribution in [1.82, 2.24) is 0 Å². The molecule has 0 aromatic heterocycles. The van der Waals surface area contributed by atoms with Crippen molar-refractivity contribution >= 4 is 17.9 Å². The van der Waals surface area contributed by atoms with Crippen LogP contribution in [0.2, 0.25) is 0 Å². The van der Waals surface area contributed by atoms with Crippen molar-refractivity contribution in [2.75, 3.05) is 13.2 Å². The summed E-state index contributed by atoms with van der Waals surface area (Å²) in [4.78, 5) is 38.4. The largest absolute Gasteiger partial charge is 0.462 e. The van der Waals surface area contributed by atoms with Crippen LogP contribution in [-0.2, 0) is 28.6 Å². The van der Waals surface area contributed by atoms with Crippen LogP contribution in [0.25, 0.3) is 0 Å². The zero-order valence-corrected chi connectivity index (χ0v) is 50.0. The van der Waals surface area contributed by atoms with Crippen LogP contribution in [0.3, 0.4) is 0 Å². The monoisotopic (exact) mass is 1030 g/mol. The lowest BCUT2D eigenvalue weighted by Gasteiger charge is -2.18. The van der Waals surface area contributed by atoms with Crippen molar-refractivity contribution in [1.29, 1.82) is 0 Å². The average Bonchev–Trinajstić information content (AvgIpc) is 3.39. The minimum Gasteiger partial charge on any atom is -0.462 e. The van der Waals surface area contributed by atoms with Crippen molar-refractivity contribution in [3.8, 4) is 0 Å². The molecule has 0 aromatic rings. The zero-order valence-electron chi connectivity index (χ0n) is 50.0. The molecule has 1 atom stereocenters. The highest BCUT2D eigenvalue weighted by Gasteiger charge is 2.19. The lowest BCUT2D eigenvalue weighted by molar-refractivity contribution is -0.167. The molecule has 0 aliphatic rings. The SMILES string of the molecule is CCCCCCCCCCCCCCCCCCCCCCCC(=O)OCC(COC(=O)CCCCCCCCCCCCCCCCCCC)OC(=O)CCCCCCCCCCCCCCCCCCC. The number of esters is 3. The molecule has 0 saturated heterocycles. The fourth-order valence-electron chi connectivity index (χ4n) is 10.6. The molecule has 0 aromatic carbocycles. The second kappa shape index (κ2) is 62.9. The van der Waals surface area contributed by atoms with E-state index in [-0.39, 0.29) is 31.1 Å². The quantitative estimate of drug-likeness (QED) is 0.0343. The van der Waals surface area contributed by atoms with E-state index >= 15 is 0 Å². The summed E-state index contributed by atoms with van der Waals surface area (Å²) in [6, 6.07) is 0. The van der Waals surface area contributed by atoms with E-state index in [2.05, 4.69) is 20.8 Å². The zero-order chi connectivity index (χ0) is 52.9. The molecular weight excluding hydrogens is 901 g/mol. The Balaban J connectivity index is 4.26. The lowest BCUT2D eigenvalue weighted by atomic mass is 10.0. The summed E-state index contributed by atoms with van der Waals surface area (Å²) in [6.45, 7) is 6.74. The first-order chi connectivity index (χ1) is 36.0. The van der Waals surface area contributed by atoms with E-state index in [1.165, 1.54) is 295 Å². The Labute approximate surface area is 457 Å². The number of hydrogen-bond acceptors (Lipinski definition) is 6. The molecule has 434 valence electrons. The third-order valence-corrected chi connectivity index (χ3v) is 15.6. The topological polar surface area (TPSA) is 78.9 Å². The van der Waals surface area contributed by atoms with E-state index in [4.69, 9.17) is 14.2 Å². The molecule has 1 unspecified atom stereocenters. The summed E-state index contributed by atoms with van der Waals surface area (Å²) in [5, 5.41) is 0. The van der Waals surface area contributed by atoms with Crippen LogP contribution in [0.4, 0.5) is 0 Å². The van der Waals surface area contributed by atoms with E-state index in [9.17, 15) is 14.4 Å². The van der Waals surface area contributed by atoms with E-state index in [1.54, 1.807) is 0 Å². The number of carbonyl (C=O) groups excluding carboxylic acids is 3. The molecule has 0 heterocycles. The van der Waals surface area contributed by atoms with Gasteiger partial charge in [-0.3, -0.25) is 14.4 Å². The Morgan fingerprint density at radius 2 is 0.370 bits per heavy atom. The summed E-state index contributed by atoms with van der Waals surface area (Å²) in [6.07, 6.45) is 72.6. The van der Waals surface area contributed by atoms with Crippen molar-refractivity contribution in [3.05, 3.63) is 0 Å². The van der Waals surface area contributed by atoms with Crippen molar-refractivity contribution in [2.45, 2.75) is 399 Å². The average molecular weight is 1030 g/mol. The van der Waals surface area contributed by atoms with E-state index in [1.807, 2.05) is 0 Å². The van der Waals surface area contributed by atoms with Gasteiger partial charge >= 0.3 is 17.9 Å².